The van der Waals surface area contributed by atoms with E-state index < -0.39 is 5.60 Å². The van der Waals surface area contributed by atoms with Gasteiger partial charge < -0.3 is 35.3 Å². The van der Waals surface area contributed by atoms with Crippen LogP contribution in [0, 0.1) is 0 Å². The second-order valence-corrected chi connectivity index (χ2v) is 14.1. The molecule has 0 saturated carbocycles. The number of β-amino-alcohol motifs (C(OH)–C–C–N with tert-alkyl or cyclic N) is 1. The number of hydrogen-bond acceptors (Lipinski definition) is 10. The SMILES string of the molecule is CCc1cccc(CC)c1NC(=O)c1cc(-c2nc(Nc3ccc(N4CCC(O)(CN5CCN(C)CC5)CC4)cc3OC)nc3[nH]ccc23)n(C)n1. The Morgan fingerprint density at radius 2 is 1.69 bits per heavy atom. The Morgan fingerprint density at radius 3 is 2.38 bits per heavy atom. The van der Waals surface area contributed by atoms with Gasteiger partial charge >= 0.3 is 0 Å². The van der Waals surface area contributed by atoms with Gasteiger partial charge in [0.25, 0.3) is 5.91 Å². The van der Waals surface area contributed by atoms with Crippen LogP contribution in [0.1, 0.15) is 48.3 Å². The molecule has 5 aromatic rings. The second-order valence-electron chi connectivity index (χ2n) is 14.1. The molecule has 2 saturated heterocycles. The number of carbonyl (C=O) groups excluding carboxylic acids is 1. The summed E-state index contributed by atoms with van der Waals surface area (Å²) in [5, 5.41) is 23.3. The standard InChI is InChI=1S/C39H50N10O3/c1-6-26-9-8-10-27(7-2)34(26)42-37(50)31-24-32(47(4)45-31)35-29-13-16-40-36(29)44-38(43-35)41-30-12-11-28(23-33(30)52-5)49-17-14-39(51,15-18-49)25-48-21-19-46(3)20-22-48/h8-13,16,23-24,51H,6-7,14-15,17-22,25H2,1-5H3,(H,42,50)(H2,40,41,43,44). The van der Waals surface area contributed by atoms with Crippen molar-refractivity contribution in [3.8, 4) is 17.1 Å². The van der Waals surface area contributed by atoms with Gasteiger partial charge in [0.2, 0.25) is 5.95 Å². The van der Waals surface area contributed by atoms with Crippen molar-refractivity contribution in [3.05, 3.63) is 71.5 Å². The van der Waals surface area contributed by atoms with E-state index in [1.165, 1.54) is 0 Å². The van der Waals surface area contributed by atoms with E-state index in [0.717, 1.165) is 105 Å². The summed E-state index contributed by atoms with van der Waals surface area (Å²) in [4.78, 5) is 33.5. The summed E-state index contributed by atoms with van der Waals surface area (Å²) in [7, 11) is 5.62. The summed E-state index contributed by atoms with van der Waals surface area (Å²) >= 11 is 0. The fourth-order valence-electron chi connectivity index (χ4n) is 7.43. The number of fused-ring (bicyclic) bond motifs is 1. The van der Waals surface area contributed by atoms with Crippen molar-refractivity contribution >= 4 is 40.0 Å². The first-order valence-electron chi connectivity index (χ1n) is 18.3. The topological polar surface area (TPSA) is 140 Å². The number of ether oxygens (including phenoxy) is 1. The number of benzene rings is 2. The van der Waals surface area contributed by atoms with Crippen molar-refractivity contribution in [1.82, 2.24) is 34.5 Å². The van der Waals surface area contributed by atoms with E-state index >= 15 is 0 Å². The molecule has 274 valence electrons. The number of aliphatic hydroxyl groups is 1. The average molecular weight is 707 g/mol. The molecule has 3 aromatic heterocycles. The third kappa shape index (κ3) is 7.34. The highest BCUT2D eigenvalue weighted by molar-refractivity contribution is 6.05. The van der Waals surface area contributed by atoms with E-state index in [1.807, 2.05) is 49.6 Å². The summed E-state index contributed by atoms with van der Waals surface area (Å²) in [5.41, 5.74) is 6.40. The van der Waals surface area contributed by atoms with Gasteiger partial charge in [-0.15, -0.1) is 0 Å². The third-order valence-electron chi connectivity index (χ3n) is 10.6. The molecule has 2 aliphatic heterocycles. The van der Waals surface area contributed by atoms with Crippen LogP contribution in [-0.4, -0.2) is 111 Å². The number of likely N-dealkylation sites (N-methyl/N-ethyl adjacent to an activating group) is 1. The molecule has 0 spiro atoms. The fraction of sp³-hybridized carbons (Fsp3) is 0.436. The number of para-hydroxylation sites is 1. The molecule has 0 atom stereocenters. The van der Waals surface area contributed by atoms with E-state index in [-0.39, 0.29) is 5.91 Å². The van der Waals surface area contributed by atoms with Gasteiger partial charge in [-0.25, -0.2) is 4.98 Å². The maximum absolute atomic E-state index is 13.5. The minimum atomic E-state index is -0.666. The number of piperidine rings is 1. The highest BCUT2D eigenvalue weighted by Crippen LogP contribution is 2.36. The van der Waals surface area contributed by atoms with Crippen LogP contribution in [-0.2, 0) is 19.9 Å². The van der Waals surface area contributed by atoms with Crippen LogP contribution in [0.25, 0.3) is 22.4 Å². The lowest BCUT2D eigenvalue weighted by atomic mass is 9.90. The molecule has 4 N–H and O–H groups in total. The molecular formula is C39H50N10O3. The van der Waals surface area contributed by atoms with Gasteiger partial charge in [0.05, 0.1) is 24.1 Å². The number of nitrogens with zero attached hydrogens (tertiary/aromatic N) is 7. The summed E-state index contributed by atoms with van der Waals surface area (Å²) in [6, 6.07) is 15.9. The van der Waals surface area contributed by atoms with Crippen LogP contribution in [0.3, 0.4) is 0 Å². The summed E-state index contributed by atoms with van der Waals surface area (Å²) in [5.74, 6) is 0.763. The maximum atomic E-state index is 13.5. The Morgan fingerprint density at radius 1 is 0.962 bits per heavy atom. The lowest BCUT2D eigenvalue weighted by Gasteiger charge is -2.43. The van der Waals surface area contributed by atoms with E-state index in [2.05, 4.69) is 62.4 Å². The first-order chi connectivity index (χ1) is 25.2. The number of nitrogens with one attached hydrogen (secondary N) is 3. The molecule has 0 bridgehead atoms. The predicted octanol–water partition coefficient (Wildman–Crippen LogP) is 5.07. The number of aryl methyl sites for hydroxylation is 3. The number of amides is 1. The molecule has 5 heterocycles. The van der Waals surface area contributed by atoms with Gasteiger partial charge in [-0.1, -0.05) is 32.0 Å². The quantitative estimate of drug-likeness (QED) is 0.147. The number of H-pyrrole nitrogens is 1. The van der Waals surface area contributed by atoms with Gasteiger partial charge in [-0.05, 0) is 68.1 Å². The van der Waals surface area contributed by atoms with Crippen LogP contribution in [0.2, 0.25) is 0 Å². The lowest BCUT2D eigenvalue weighted by Crippen LogP contribution is -2.54. The van der Waals surface area contributed by atoms with E-state index in [1.54, 1.807) is 17.9 Å². The zero-order valence-electron chi connectivity index (χ0n) is 30.9. The predicted molar refractivity (Wildman–Crippen MR) is 206 cm³/mol. The smallest absolute Gasteiger partial charge is 0.276 e. The zero-order chi connectivity index (χ0) is 36.4. The van der Waals surface area contributed by atoms with Crippen LogP contribution < -0.4 is 20.3 Å². The molecule has 1 amide bonds. The Labute approximate surface area is 305 Å². The lowest BCUT2D eigenvalue weighted by molar-refractivity contribution is -0.0250. The highest BCUT2D eigenvalue weighted by Gasteiger charge is 2.35. The summed E-state index contributed by atoms with van der Waals surface area (Å²) in [6.45, 7) is 10.5. The highest BCUT2D eigenvalue weighted by atomic mass is 16.5. The van der Waals surface area contributed by atoms with Crippen molar-refractivity contribution in [2.75, 3.05) is 75.5 Å². The largest absolute Gasteiger partial charge is 0.494 e. The van der Waals surface area contributed by atoms with Gasteiger partial charge in [-0.2, -0.15) is 10.1 Å². The molecule has 13 heteroatoms. The molecule has 52 heavy (non-hydrogen) atoms. The number of hydrogen-bond donors (Lipinski definition) is 4. The Kier molecular flexibility index (Phi) is 10.2. The third-order valence-corrected chi connectivity index (χ3v) is 10.6. The first-order valence-corrected chi connectivity index (χ1v) is 18.3. The van der Waals surface area contributed by atoms with Crippen molar-refractivity contribution in [3.63, 3.8) is 0 Å². The van der Waals surface area contributed by atoms with Crippen LogP contribution >= 0.6 is 0 Å². The van der Waals surface area contributed by atoms with Crippen LogP contribution in [0.5, 0.6) is 5.75 Å². The molecule has 2 aromatic carbocycles. The molecule has 0 unspecified atom stereocenters. The Balaban J connectivity index is 1.08. The van der Waals surface area contributed by atoms with Crippen LogP contribution in [0.4, 0.5) is 23.0 Å². The molecular weight excluding hydrogens is 656 g/mol. The van der Waals surface area contributed by atoms with E-state index in [4.69, 9.17) is 14.7 Å². The van der Waals surface area contributed by atoms with Gasteiger partial charge in [0.1, 0.15) is 17.1 Å². The van der Waals surface area contributed by atoms with Gasteiger partial charge in [0, 0.05) is 81.9 Å². The summed E-state index contributed by atoms with van der Waals surface area (Å²) in [6.07, 6.45) is 4.89. The first kappa shape index (κ1) is 35.4. The molecule has 7 rings (SSSR count). The fourth-order valence-corrected chi connectivity index (χ4v) is 7.43. The molecule has 2 fully saturated rings. The normalized spacial score (nSPS) is 16.7. The molecule has 0 radical (unpaired) electrons. The Hall–Kier alpha value is -4.98. The Bertz CT molecular complexity index is 2020. The number of piperazine rings is 1. The van der Waals surface area contributed by atoms with Crippen molar-refractivity contribution in [2.45, 2.75) is 45.1 Å². The number of rotatable bonds is 11. The average Bonchev–Trinajstić information content (AvgIpc) is 3.79. The summed E-state index contributed by atoms with van der Waals surface area (Å²) < 4.78 is 7.53. The van der Waals surface area contributed by atoms with Gasteiger partial charge in [0.15, 0.2) is 5.69 Å². The van der Waals surface area contributed by atoms with Crippen molar-refractivity contribution in [2.24, 2.45) is 7.05 Å². The number of carbonyl (C=O) groups is 1. The van der Waals surface area contributed by atoms with Crippen molar-refractivity contribution < 1.29 is 14.6 Å². The molecule has 2 aliphatic rings. The maximum Gasteiger partial charge on any atom is 0.276 e. The molecule has 13 nitrogen and oxygen atoms in total. The number of aromatic nitrogens is 5. The number of aromatic amines is 1. The van der Waals surface area contributed by atoms with Crippen molar-refractivity contribution in [1.29, 1.82) is 0 Å². The number of methoxy groups -OCH3 is 1. The van der Waals surface area contributed by atoms with Gasteiger partial charge in [-0.3, -0.25) is 14.4 Å². The van der Waals surface area contributed by atoms with E-state index in [9.17, 15) is 9.90 Å². The monoisotopic (exact) mass is 706 g/mol. The minimum Gasteiger partial charge on any atom is -0.494 e. The second kappa shape index (κ2) is 14.9. The zero-order valence-corrected chi connectivity index (χ0v) is 30.9. The number of anilines is 4. The van der Waals surface area contributed by atoms with E-state index in [0.29, 0.717) is 34.4 Å². The minimum absolute atomic E-state index is 0.270. The van der Waals surface area contributed by atoms with Crippen LogP contribution in [0.15, 0.2) is 54.7 Å². The molecule has 0 aliphatic carbocycles.